The zero-order valence-electron chi connectivity index (χ0n) is 10.3. The molecule has 1 fully saturated rings. The van der Waals surface area contributed by atoms with Gasteiger partial charge < -0.3 is 10.6 Å². The maximum absolute atomic E-state index is 13.5. The van der Waals surface area contributed by atoms with Crippen LogP contribution in [0.5, 0.6) is 0 Å². The van der Waals surface area contributed by atoms with Crippen molar-refractivity contribution in [3.8, 4) is 0 Å². The summed E-state index contributed by atoms with van der Waals surface area (Å²) in [6.45, 7) is 1.79. The first-order valence-electron chi connectivity index (χ1n) is 6.21. The summed E-state index contributed by atoms with van der Waals surface area (Å²) in [6.07, 6.45) is 2.39. The van der Waals surface area contributed by atoms with Gasteiger partial charge in [0.1, 0.15) is 11.6 Å². The van der Waals surface area contributed by atoms with Gasteiger partial charge in [-0.2, -0.15) is 0 Å². The van der Waals surface area contributed by atoms with Crippen LogP contribution in [0.4, 0.5) is 14.5 Å². The highest BCUT2D eigenvalue weighted by Gasteiger charge is 2.18. The second-order valence-electron chi connectivity index (χ2n) is 4.71. The molecule has 19 heavy (non-hydrogen) atoms. The van der Waals surface area contributed by atoms with Crippen molar-refractivity contribution in [3.63, 3.8) is 0 Å². The molecule has 0 spiro atoms. The van der Waals surface area contributed by atoms with Crippen molar-refractivity contribution in [2.24, 2.45) is 5.92 Å². The third-order valence-electron chi connectivity index (χ3n) is 3.16. The van der Waals surface area contributed by atoms with Crippen molar-refractivity contribution in [1.29, 1.82) is 0 Å². The molecule has 1 saturated heterocycles. The van der Waals surface area contributed by atoms with Crippen LogP contribution >= 0.6 is 15.9 Å². The number of piperidine rings is 1. The molecule has 1 unspecified atom stereocenters. The Morgan fingerprint density at radius 3 is 2.89 bits per heavy atom. The van der Waals surface area contributed by atoms with E-state index in [9.17, 15) is 13.6 Å². The molecule has 1 atom stereocenters. The van der Waals surface area contributed by atoms with E-state index in [2.05, 4.69) is 26.6 Å². The van der Waals surface area contributed by atoms with Crippen molar-refractivity contribution in [2.45, 2.75) is 19.3 Å². The summed E-state index contributed by atoms with van der Waals surface area (Å²) in [4.78, 5) is 11.8. The van der Waals surface area contributed by atoms with Gasteiger partial charge in [-0.3, -0.25) is 4.79 Å². The molecule has 3 nitrogen and oxygen atoms in total. The maximum Gasteiger partial charge on any atom is 0.224 e. The molecule has 104 valence electrons. The van der Waals surface area contributed by atoms with Gasteiger partial charge in [-0.05, 0) is 53.8 Å². The Kier molecular flexibility index (Phi) is 4.87. The average molecular weight is 333 g/mol. The average Bonchev–Trinajstić information content (AvgIpc) is 2.37. The summed E-state index contributed by atoms with van der Waals surface area (Å²) in [5, 5.41) is 5.71. The molecular formula is C13H15BrF2N2O. The van der Waals surface area contributed by atoms with Crippen LogP contribution < -0.4 is 10.6 Å². The number of hydrogen-bond acceptors (Lipinski definition) is 2. The molecule has 0 aromatic heterocycles. The Bertz CT molecular complexity index is 476. The molecule has 1 aromatic rings. The molecule has 2 rings (SSSR count). The third kappa shape index (κ3) is 3.98. The fourth-order valence-corrected chi connectivity index (χ4v) is 2.52. The molecule has 0 bridgehead atoms. The number of hydrogen-bond donors (Lipinski definition) is 2. The lowest BCUT2D eigenvalue weighted by atomic mass is 9.96. The fourth-order valence-electron chi connectivity index (χ4n) is 2.18. The normalized spacial score (nSPS) is 19.2. The molecule has 0 aliphatic carbocycles. The number of rotatable bonds is 3. The SMILES string of the molecule is O=C(CC1CCCNC1)Nc1cc(Br)c(F)cc1F. The second kappa shape index (κ2) is 6.43. The van der Waals surface area contributed by atoms with E-state index in [1.165, 1.54) is 6.07 Å². The lowest BCUT2D eigenvalue weighted by molar-refractivity contribution is -0.117. The summed E-state index contributed by atoms with van der Waals surface area (Å²) in [7, 11) is 0. The van der Waals surface area contributed by atoms with E-state index in [-0.39, 0.29) is 22.0 Å². The highest BCUT2D eigenvalue weighted by molar-refractivity contribution is 9.10. The van der Waals surface area contributed by atoms with Crippen molar-refractivity contribution in [3.05, 3.63) is 28.2 Å². The zero-order chi connectivity index (χ0) is 13.8. The molecule has 2 N–H and O–H groups in total. The largest absolute Gasteiger partial charge is 0.324 e. The minimum Gasteiger partial charge on any atom is -0.324 e. The van der Waals surface area contributed by atoms with E-state index < -0.39 is 11.6 Å². The lowest BCUT2D eigenvalue weighted by Gasteiger charge is -2.22. The zero-order valence-corrected chi connectivity index (χ0v) is 11.9. The fraction of sp³-hybridized carbons (Fsp3) is 0.462. The van der Waals surface area contributed by atoms with Crippen LogP contribution in [0.3, 0.4) is 0 Å². The predicted molar refractivity (Wildman–Crippen MR) is 72.9 cm³/mol. The van der Waals surface area contributed by atoms with Crippen molar-refractivity contribution >= 4 is 27.5 Å². The van der Waals surface area contributed by atoms with Gasteiger partial charge in [0.15, 0.2) is 0 Å². The summed E-state index contributed by atoms with van der Waals surface area (Å²) in [6, 6.07) is 1.99. The van der Waals surface area contributed by atoms with Crippen LogP contribution in [-0.4, -0.2) is 19.0 Å². The lowest BCUT2D eigenvalue weighted by Crippen LogP contribution is -2.32. The number of nitrogens with one attached hydrogen (secondary N) is 2. The van der Waals surface area contributed by atoms with Crippen molar-refractivity contribution < 1.29 is 13.6 Å². The van der Waals surface area contributed by atoms with Gasteiger partial charge in [0.05, 0.1) is 10.2 Å². The second-order valence-corrected chi connectivity index (χ2v) is 5.57. The highest BCUT2D eigenvalue weighted by atomic mass is 79.9. The third-order valence-corrected chi connectivity index (χ3v) is 3.76. The summed E-state index contributed by atoms with van der Waals surface area (Å²) >= 11 is 2.97. The molecule has 0 saturated carbocycles. The van der Waals surface area contributed by atoms with Crippen molar-refractivity contribution in [1.82, 2.24) is 5.32 Å². The minimum absolute atomic E-state index is 0.00189. The monoisotopic (exact) mass is 332 g/mol. The Hall–Kier alpha value is -1.01. The van der Waals surface area contributed by atoms with Crippen LogP contribution in [-0.2, 0) is 4.79 Å². The molecule has 6 heteroatoms. The number of amides is 1. The molecule has 1 aromatic carbocycles. The Morgan fingerprint density at radius 2 is 2.21 bits per heavy atom. The molecule has 1 aliphatic heterocycles. The summed E-state index contributed by atoms with van der Waals surface area (Å²) in [5.74, 6) is -1.42. The Balaban J connectivity index is 1.96. The standard InChI is InChI=1S/C13H15BrF2N2O/c14-9-5-12(11(16)6-10(9)15)18-13(19)4-8-2-1-3-17-7-8/h5-6,8,17H,1-4,7H2,(H,18,19). The summed E-state index contributed by atoms with van der Waals surface area (Å²) < 4.78 is 26.7. The highest BCUT2D eigenvalue weighted by Crippen LogP contribution is 2.24. The van der Waals surface area contributed by atoms with Gasteiger partial charge in [-0.15, -0.1) is 0 Å². The van der Waals surface area contributed by atoms with E-state index in [0.29, 0.717) is 6.42 Å². The quantitative estimate of drug-likeness (QED) is 0.835. The number of halogens is 3. The molecule has 1 amide bonds. The number of carbonyl (C=O) groups excluding carboxylic acids is 1. The Morgan fingerprint density at radius 1 is 1.42 bits per heavy atom. The van der Waals surface area contributed by atoms with Crippen LogP contribution in [0.2, 0.25) is 0 Å². The van der Waals surface area contributed by atoms with Crippen LogP contribution in [0.15, 0.2) is 16.6 Å². The first-order chi connectivity index (χ1) is 9.06. The molecular weight excluding hydrogens is 318 g/mol. The predicted octanol–water partition coefficient (Wildman–Crippen LogP) is 3.06. The van der Waals surface area contributed by atoms with Gasteiger partial charge >= 0.3 is 0 Å². The van der Waals surface area contributed by atoms with Crippen LogP contribution in [0.25, 0.3) is 0 Å². The topological polar surface area (TPSA) is 41.1 Å². The molecule has 0 radical (unpaired) electrons. The first-order valence-corrected chi connectivity index (χ1v) is 7.00. The Labute approximate surface area is 118 Å². The van der Waals surface area contributed by atoms with E-state index in [4.69, 9.17) is 0 Å². The van der Waals surface area contributed by atoms with Gasteiger partial charge in [0.2, 0.25) is 5.91 Å². The van der Waals surface area contributed by atoms with E-state index in [1.54, 1.807) is 0 Å². The number of benzene rings is 1. The first kappa shape index (κ1) is 14.4. The summed E-state index contributed by atoms with van der Waals surface area (Å²) in [5.41, 5.74) is 0.00189. The molecule has 1 heterocycles. The number of carbonyl (C=O) groups is 1. The van der Waals surface area contributed by atoms with Gasteiger partial charge in [-0.25, -0.2) is 8.78 Å². The van der Waals surface area contributed by atoms with Crippen molar-refractivity contribution in [2.75, 3.05) is 18.4 Å². The smallest absolute Gasteiger partial charge is 0.224 e. The van der Waals surface area contributed by atoms with E-state index >= 15 is 0 Å². The minimum atomic E-state index is -0.768. The van der Waals surface area contributed by atoms with E-state index in [0.717, 1.165) is 32.0 Å². The van der Waals surface area contributed by atoms with Gasteiger partial charge in [-0.1, -0.05) is 0 Å². The van der Waals surface area contributed by atoms with Gasteiger partial charge in [0.25, 0.3) is 0 Å². The molecule has 1 aliphatic rings. The van der Waals surface area contributed by atoms with Gasteiger partial charge in [0, 0.05) is 12.5 Å². The maximum atomic E-state index is 13.5. The van der Waals surface area contributed by atoms with Crippen LogP contribution in [0, 0.1) is 17.6 Å². The van der Waals surface area contributed by atoms with Crippen LogP contribution in [0.1, 0.15) is 19.3 Å². The number of anilines is 1. The van der Waals surface area contributed by atoms with E-state index in [1.807, 2.05) is 0 Å².